The van der Waals surface area contributed by atoms with E-state index in [9.17, 15) is 9.59 Å². The van der Waals surface area contributed by atoms with E-state index in [2.05, 4.69) is 10.5 Å². The molecule has 0 saturated carbocycles. The fourth-order valence-corrected chi connectivity index (χ4v) is 1.92. The normalized spacial score (nSPS) is 10.8. The summed E-state index contributed by atoms with van der Waals surface area (Å²) < 4.78 is 10.2. The van der Waals surface area contributed by atoms with Gasteiger partial charge in [0.15, 0.2) is 5.82 Å². The van der Waals surface area contributed by atoms with Gasteiger partial charge in [0, 0.05) is 31.7 Å². The van der Waals surface area contributed by atoms with E-state index in [0.717, 1.165) is 0 Å². The summed E-state index contributed by atoms with van der Waals surface area (Å²) in [6.45, 7) is 8.99. The number of carbonyl (C=O) groups is 2. The van der Waals surface area contributed by atoms with E-state index in [1.807, 2.05) is 20.8 Å². The number of aryl methyl sites for hydroxylation is 1. The van der Waals surface area contributed by atoms with Crippen molar-refractivity contribution in [1.29, 1.82) is 0 Å². The van der Waals surface area contributed by atoms with Crippen LogP contribution in [0.5, 0.6) is 0 Å². The summed E-state index contributed by atoms with van der Waals surface area (Å²) in [6.07, 6.45) is 0.697. The van der Waals surface area contributed by atoms with Gasteiger partial charge in [-0.1, -0.05) is 19.0 Å². The topological polar surface area (TPSA) is 84.7 Å². The van der Waals surface area contributed by atoms with Crippen molar-refractivity contribution in [3.05, 3.63) is 11.8 Å². The summed E-state index contributed by atoms with van der Waals surface area (Å²) in [5.41, 5.74) is 0. The van der Waals surface area contributed by atoms with Crippen LogP contribution in [0.25, 0.3) is 0 Å². The third-order valence-electron chi connectivity index (χ3n) is 2.96. The van der Waals surface area contributed by atoms with Crippen molar-refractivity contribution in [2.24, 2.45) is 5.92 Å². The number of nitrogens with zero attached hydrogens (tertiary/aromatic N) is 2. The first-order chi connectivity index (χ1) is 10.4. The molecule has 0 bridgehead atoms. The summed E-state index contributed by atoms with van der Waals surface area (Å²) in [6, 6.07) is 1.63. The van der Waals surface area contributed by atoms with E-state index in [-0.39, 0.29) is 24.3 Å². The lowest BCUT2D eigenvalue weighted by molar-refractivity contribution is -0.137. The molecule has 0 aliphatic carbocycles. The molecule has 0 fully saturated rings. The number of ether oxygens (including phenoxy) is 1. The number of nitrogens with one attached hydrogen (secondary N) is 1. The van der Waals surface area contributed by atoms with Gasteiger partial charge in [0.05, 0.1) is 6.54 Å². The number of hydrogen-bond donors (Lipinski definition) is 1. The van der Waals surface area contributed by atoms with Crippen LogP contribution in [0.3, 0.4) is 0 Å². The van der Waals surface area contributed by atoms with Crippen molar-refractivity contribution in [3.8, 4) is 0 Å². The molecular formula is C15H25N3O4. The van der Waals surface area contributed by atoms with Gasteiger partial charge >= 0.3 is 0 Å². The second-order valence-electron chi connectivity index (χ2n) is 5.34. The maximum atomic E-state index is 12.2. The average Bonchev–Trinajstić information content (AvgIpc) is 2.86. The molecule has 0 radical (unpaired) electrons. The van der Waals surface area contributed by atoms with Crippen molar-refractivity contribution in [1.82, 2.24) is 10.1 Å². The van der Waals surface area contributed by atoms with Crippen molar-refractivity contribution < 1.29 is 18.8 Å². The van der Waals surface area contributed by atoms with Crippen LogP contribution < -0.4 is 5.32 Å². The molecule has 0 aliphatic heterocycles. The molecule has 7 heteroatoms. The lowest BCUT2D eigenvalue weighted by atomic mass is 10.2. The molecule has 0 aromatic carbocycles. The second kappa shape index (κ2) is 9.19. The lowest BCUT2D eigenvalue weighted by Crippen LogP contribution is -2.41. The Bertz CT molecular complexity index is 485. The van der Waals surface area contributed by atoms with Crippen LogP contribution in [0.4, 0.5) is 5.82 Å². The van der Waals surface area contributed by atoms with Gasteiger partial charge in [-0.05, 0) is 20.3 Å². The molecule has 1 rings (SSSR count). The number of anilines is 1. The second-order valence-corrected chi connectivity index (χ2v) is 5.34. The van der Waals surface area contributed by atoms with Crippen molar-refractivity contribution >= 4 is 17.6 Å². The third-order valence-corrected chi connectivity index (χ3v) is 2.96. The van der Waals surface area contributed by atoms with Crippen molar-refractivity contribution in [3.63, 3.8) is 0 Å². The van der Waals surface area contributed by atoms with Crippen LogP contribution in [0, 0.1) is 12.8 Å². The van der Waals surface area contributed by atoms with E-state index >= 15 is 0 Å². The molecule has 0 unspecified atom stereocenters. The van der Waals surface area contributed by atoms with E-state index in [4.69, 9.17) is 9.26 Å². The van der Waals surface area contributed by atoms with Crippen LogP contribution in [-0.4, -0.2) is 48.2 Å². The fourth-order valence-electron chi connectivity index (χ4n) is 1.92. The maximum Gasteiger partial charge on any atom is 0.245 e. The van der Waals surface area contributed by atoms with Gasteiger partial charge in [-0.3, -0.25) is 9.59 Å². The minimum atomic E-state index is -0.293. The quantitative estimate of drug-likeness (QED) is 0.703. The number of rotatable bonds is 9. The molecule has 0 spiro atoms. The first-order valence-electron chi connectivity index (χ1n) is 7.53. The molecule has 7 nitrogen and oxygen atoms in total. The van der Waals surface area contributed by atoms with Gasteiger partial charge in [0.1, 0.15) is 5.76 Å². The van der Waals surface area contributed by atoms with Gasteiger partial charge in [0.2, 0.25) is 11.8 Å². The summed E-state index contributed by atoms with van der Waals surface area (Å²) in [7, 11) is 0. The predicted octanol–water partition coefficient (Wildman–Crippen LogP) is 1.83. The van der Waals surface area contributed by atoms with E-state index in [1.54, 1.807) is 17.9 Å². The van der Waals surface area contributed by atoms with E-state index in [1.165, 1.54) is 0 Å². The van der Waals surface area contributed by atoms with Crippen molar-refractivity contribution in [2.45, 2.75) is 34.1 Å². The van der Waals surface area contributed by atoms with Gasteiger partial charge in [0.25, 0.3) is 0 Å². The highest BCUT2D eigenvalue weighted by atomic mass is 16.5. The Morgan fingerprint density at radius 1 is 1.45 bits per heavy atom. The van der Waals surface area contributed by atoms with Crippen LogP contribution in [-0.2, 0) is 14.3 Å². The zero-order chi connectivity index (χ0) is 16.5. The van der Waals surface area contributed by atoms with Crippen LogP contribution >= 0.6 is 0 Å². The highest BCUT2D eigenvalue weighted by molar-refractivity contribution is 5.94. The van der Waals surface area contributed by atoms with Crippen LogP contribution in [0.2, 0.25) is 0 Å². The van der Waals surface area contributed by atoms with Gasteiger partial charge in [-0.25, -0.2) is 0 Å². The number of carbonyl (C=O) groups excluding carboxylic acids is 2. The SMILES string of the molecule is CCOCCCN(CC(=O)Nc1cc(C)on1)C(=O)C(C)C. The summed E-state index contributed by atoms with van der Waals surface area (Å²) in [5.74, 6) is 0.465. The Morgan fingerprint density at radius 2 is 2.18 bits per heavy atom. The monoisotopic (exact) mass is 311 g/mol. The van der Waals surface area contributed by atoms with Crippen LogP contribution in [0.1, 0.15) is 33.0 Å². The molecule has 22 heavy (non-hydrogen) atoms. The molecule has 0 saturated heterocycles. The summed E-state index contributed by atoms with van der Waals surface area (Å²) >= 11 is 0. The van der Waals surface area contributed by atoms with E-state index < -0.39 is 0 Å². The van der Waals surface area contributed by atoms with Gasteiger partial charge in [-0.2, -0.15) is 0 Å². The molecule has 2 amide bonds. The Labute approximate surface area is 131 Å². The molecule has 1 aromatic rings. The minimum absolute atomic E-state index is 0.00491. The highest BCUT2D eigenvalue weighted by Gasteiger charge is 2.20. The minimum Gasteiger partial charge on any atom is -0.382 e. The molecule has 0 aliphatic rings. The first kappa shape index (κ1) is 18.2. The smallest absolute Gasteiger partial charge is 0.245 e. The molecular weight excluding hydrogens is 286 g/mol. The number of hydrogen-bond acceptors (Lipinski definition) is 5. The van der Waals surface area contributed by atoms with Gasteiger partial charge in [-0.15, -0.1) is 0 Å². The third kappa shape index (κ3) is 6.26. The Balaban J connectivity index is 2.54. The Morgan fingerprint density at radius 3 is 2.73 bits per heavy atom. The molecule has 124 valence electrons. The highest BCUT2D eigenvalue weighted by Crippen LogP contribution is 2.08. The summed E-state index contributed by atoms with van der Waals surface area (Å²) in [4.78, 5) is 25.7. The predicted molar refractivity (Wildman–Crippen MR) is 82.4 cm³/mol. The lowest BCUT2D eigenvalue weighted by Gasteiger charge is -2.23. The van der Waals surface area contributed by atoms with E-state index in [0.29, 0.717) is 37.8 Å². The first-order valence-corrected chi connectivity index (χ1v) is 7.53. The summed E-state index contributed by atoms with van der Waals surface area (Å²) in [5, 5.41) is 6.32. The Kier molecular flexibility index (Phi) is 7.59. The largest absolute Gasteiger partial charge is 0.382 e. The maximum absolute atomic E-state index is 12.2. The molecule has 0 atom stereocenters. The zero-order valence-corrected chi connectivity index (χ0v) is 13.7. The fraction of sp³-hybridized carbons (Fsp3) is 0.667. The Hall–Kier alpha value is -1.89. The molecule has 1 heterocycles. The number of aromatic nitrogens is 1. The van der Waals surface area contributed by atoms with Crippen molar-refractivity contribution in [2.75, 3.05) is 31.6 Å². The van der Waals surface area contributed by atoms with Gasteiger partial charge < -0.3 is 19.5 Å². The standard InChI is InChI=1S/C15H25N3O4/c1-5-21-8-6-7-18(15(20)11(2)3)10-14(19)16-13-9-12(4)22-17-13/h9,11H,5-8,10H2,1-4H3,(H,16,17,19). The average molecular weight is 311 g/mol. The zero-order valence-electron chi connectivity index (χ0n) is 13.7. The number of amides is 2. The van der Waals surface area contributed by atoms with Crippen LogP contribution in [0.15, 0.2) is 10.6 Å². The molecule has 1 aromatic heterocycles. The molecule has 1 N–H and O–H groups in total.